The van der Waals surface area contributed by atoms with E-state index in [1.807, 2.05) is 0 Å². The van der Waals surface area contributed by atoms with E-state index in [0.717, 1.165) is 0 Å². The van der Waals surface area contributed by atoms with Gasteiger partial charge in [-0.25, -0.2) is 0 Å². The minimum atomic E-state index is -1.35. The van der Waals surface area contributed by atoms with Gasteiger partial charge in [-0.1, -0.05) is 0 Å². The molecule has 0 heterocycles. The highest BCUT2D eigenvalue weighted by atomic mass is 16.4. The highest BCUT2D eigenvalue weighted by Gasteiger charge is 2.48. The molecule has 0 spiro atoms. The Bertz CT molecular complexity index is 262. The first-order valence-electron chi connectivity index (χ1n) is 4.13. The van der Waals surface area contributed by atoms with Crippen LogP contribution >= 0.6 is 0 Å². The molecule has 1 fully saturated rings. The van der Waals surface area contributed by atoms with Crippen molar-refractivity contribution in [1.82, 2.24) is 0 Å². The zero-order chi connectivity index (χ0) is 10.9. The van der Waals surface area contributed by atoms with Crippen molar-refractivity contribution < 1.29 is 29.7 Å². The predicted molar refractivity (Wildman–Crippen MR) is 42.6 cm³/mol. The topological polar surface area (TPSA) is 112 Å². The average molecular weight is 202 g/mol. The molecule has 0 bridgehead atoms. The van der Waals surface area contributed by atoms with Crippen molar-refractivity contribution in [2.45, 2.75) is 12.8 Å². The summed E-state index contributed by atoms with van der Waals surface area (Å²) in [6.07, 6.45) is 0.229. The molecule has 0 aliphatic heterocycles. The van der Waals surface area contributed by atoms with Gasteiger partial charge in [-0.2, -0.15) is 0 Å². The molecule has 6 nitrogen and oxygen atoms in total. The maximum absolute atomic E-state index is 10.7. The zero-order valence-electron chi connectivity index (χ0n) is 7.21. The van der Waals surface area contributed by atoms with Gasteiger partial charge in [-0.3, -0.25) is 14.4 Å². The van der Waals surface area contributed by atoms with Crippen LogP contribution in [-0.2, 0) is 14.4 Å². The van der Waals surface area contributed by atoms with E-state index < -0.39 is 35.7 Å². The molecule has 0 aromatic carbocycles. The van der Waals surface area contributed by atoms with Gasteiger partial charge >= 0.3 is 17.9 Å². The van der Waals surface area contributed by atoms with Crippen LogP contribution in [0.3, 0.4) is 0 Å². The molecular weight excluding hydrogens is 192 g/mol. The first-order chi connectivity index (χ1) is 6.45. The summed E-state index contributed by atoms with van der Waals surface area (Å²) in [5.74, 6) is -7.27. The SMILES string of the molecule is O=C(O)C1[C@@H](C(=O)O)CC[C@H]1C(=O)O. The second-order valence-electron chi connectivity index (χ2n) is 3.33. The lowest BCUT2D eigenvalue weighted by Gasteiger charge is -2.14. The fourth-order valence-corrected chi connectivity index (χ4v) is 1.90. The van der Waals surface area contributed by atoms with E-state index in [1.165, 1.54) is 0 Å². The van der Waals surface area contributed by atoms with Gasteiger partial charge in [0, 0.05) is 0 Å². The zero-order valence-corrected chi connectivity index (χ0v) is 7.21. The highest BCUT2D eigenvalue weighted by molar-refractivity contribution is 5.86. The lowest BCUT2D eigenvalue weighted by molar-refractivity contribution is -0.158. The summed E-state index contributed by atoms with van der Waals surface area (Å²) in [6.45, 7) is 0. The molecule has 3 atom stereocenters. The van der Waals surface area contributed by atoms with Gasteiger partial charge < -0.3 is 15.3 Å². The first-order valence-corrected chi connectivity index (χ1v) is 4.13. The molecule has 0 amide bonds. The molecule has 0 saturated heterocycles. The number of carboxylic acids is 3. The summed E-state index contributed by atoms with van der Waals surface area (Å²) in [5.41, 5.74) is 0. The molecule has 0 aromatic heterocycles. The normalized spacial score (nSPS) is 31.3. The van der Waals surface area contributed by atoms with Crippen molar-refractivity contribution >= 4 is 17.9 Å². The van der Waals surface area contributed by atoms with E-state index in [1.54, 1.807) is 0 Å². The molecule has 0 aromatic rings. The molecule has 1 aliphatic rings. The van der Waals surface area contributed by atoms with Gasteiger partial charge in [-0.15, -0.1) is 0 Å². The molecule has 14 heavy (non-hydrogen) atoms. The van der Waals surface area contributed by atoms with Gasteiger partial charge in [0.2, 0.25) is 0 Å². The van der Waals surface area contributed by atoms with Crippen LogP contribution in [0.2, 0.25) is 0 Å². The van der Waals surface area contributed by atoms with Crippen LogP contribution in [0.4, 0.5) is 0 Å². The first kappa shape index (κ1) is 10.5. The van der Waals surface area contributed by atoms with Crippen LogP contribution in [0.5, 0.6) is 0 Å². The summed E-state index contributed by atoms with van der Waals surface area (Å²) in [6, 6.07) is 0. The van der Waals surface area contributed by atoms with E-state index in [0.29, 0.717) is 0 Å². The molecule has 3 N–H and O–H groups in total. The Morgan fingerprint density at radius 3 is 1.36 bits per heavy atom. The van der Waals surface area contributed by atoms with Crippen molar-refractivity contribution in [3.63, 3.8) is 0 Å². The Morgan fingerprint density at radius 2 is 1.14 bits per heavy atom. The van der Waals surface area contributed by atoms with Gasteiger partial charge in [0.05, 0.1) is 17.8 Å². The lowest BCUT2D eigenvalue weighted by Crippen LogP contribution is -2.32. The fourth-order valence-electron chi connectivity index (χ4n) is 1.90. The second kappa shape index (κ2) is 3.65. The third kappa shape index (κ3) is 1.68. The summed E-state index contributed by atoms with van der Waals surface area (Å²) >= 11 is 0. The maximum atomic E-state index is 10.7. The van der Waals surface area contributed by atoms with Gasteiger partial charge in [0.15, 0.2) is 0 Å². The maximum Gasteiger partial charge on any atom is 0.308 e. The molecular formula is C8H10O6. The third-order valence-electron chi connectivity index (χ3n) is 2.58. The second-order valence-corrected chi connectivity index (χ2v) is 3.33. The van der Waals surface area contributed by atoms with E-state index in [-0.39, 0.29) is 12.8 Å². The average Bonchev–Trinajstić information content (AvgIpc) is 2.46. The molecule has 78 valence electrons. The van der Waals surface area contributed by atoms with E-state index >= 15 is 0 Å². The van der Waals surface area contributed by atoms with E-state index in [4.69, 9.17) is 15.3 Å². The molecule has 1 aliphatic carbocycles. The lowest BCUT2D eigenvalue weighted by atomic mass is 9.89. The van der Waals surface area contributed by atoms with E-state index in [2.05, 4.69) is 0 Å². The number of hydrogen-bond acceptors (Lipinski definition) is 3. The standard InChI is InChI=1S/C8H10O6/c9-6(10)3-1-2-4(7(11)12)5(3)8(13)14/h3-5H,1-2H2,(H,9,10)(H,11,12)(H,13,14)/t3-,4+,5?. The quantitative estimate of drug-likeness (QED) is 0.588. The molecule has 1 rings (SSSR count). The molecule has 1 unspecified atom stereocenters. The number of rotatable bonds is 3. The third-order valence-corrected chi connectivity index (χ3v) is 2.58. The fraction of sp³-hybridized carbons (Fsp3) is 0.625. The number of hydrogen-bond donors (Lipinski definition) is 3. The van der Waals surface area contributed by atoms with E-state index in [9.17, 15) is 14.4 Å². The number of aliphatic carboxylic acids is 3. The Balaban J connectivity index is 2.90. The van der Waals surface area contributed by atoms with Gasteiger partial charge in [-0.05, 0) is 12.8 Å². The Labute approximate surface area is 79.2 Å². The summed E-state index contributed by atoms with van der Waals surface area (Å²) in [5, 5.41) is 26.1. The molecule has 1 saturated carbocycles. The van der Waals surface area contributed by atoms with Crippen molar-refractivity contribution in [2.24, 2.45) is 17.8 Å². The molecule has 0 radical (unpaired) electrons. The monoisotopic (exact) mass is 202 g/mol. The Hall–Kier alpha value is -1.59. The van der Waals surface area contributed by atoms with Crippen molar-refractivity contribution in [3.8, 4) is 0 Å². The van der Waals surface area contributed by atoms with Crippen molar-refractivity contribution in [2.75, 3.05) is 0 Å². The van der Waals surface area contributed by atoms with Crippen LogP contribution < -0.4 is 0 Å². The highest BCUT2D eigenvalue weighted by Crippen LogP contribution is 2.37. The minimum Gasteiger partial charge on any atom is -0.481 e. The number of carboxylic acid groups (broad SMARTS) is 3. The van der Waals surface area contributed by atoms with Crippen LogP contribution in [0, 0.1) is 17.8 Å². The summed E-state index contributed by atoms with van der Waals surface area (Å²) < 4.78 is 0. The molecule has 6 heteroatoms. The van der Waals surface area contributed by atoms with Crippen LogP contribution in [0.1, 0.15) is 12.8 Å². The minimum absolute atomic E-state index is 0.114. The van der Waals surface area contributed by atoms with Crippen LogP contribution in [0.15, 0.2) is 0 Å². The number of carbonyl (C=O) groups is 3. The van der Waals surface area contributed by atoms with Crippen LogP contribution in [0.25, 0.3) is 0 Å². The van der Waals surface area contributed by atoms with Gasteiger partial charge in [0.1, 0.15) is 0 Å². The summed E-state index contributed by atoms with van der Waals surface area (Å²) in [4.78, 5) is 32.0. The van der Waals surface area contributed by atoms with Gasteiger partial charge in [0.25, 0.3) is 0 Å². The predicted octanol–water partition coefficient (Wildman–Crippen LogP) is -0.117. The van der Waals surface area contributed by atoms with Crippen LogP contribution in [-0.4, -0.2) is 33.2 Å². The van der Waals surface area contributed by atoms with Crippen molar-refractivity contribution in [3.05, 3.63) is 0 Å². The smallest absolute Gasteiger partial charge is 0.308 e. The largest absolute Gasteiger partial charge is 0.481 e. The summed E-state index contributed by atoms with van der Waals surface area (Å²) in [7, 11) is 0. The Kier molecular flexibility index (Phi) is 2.73. The Morgan fingerprint density at radius 1 is 0.786 bits per heavy atom. The van der Waals surface area contributed by atoms with Crippen molar-refractivity contribution in [1.29, 1.82) is 0 Å².